The molecule has 6 nitrogen and oxygen atoms in total. The Kier molecular flexibility index (Phi) is 11.1. The summed E-state index contributed by atoms with van der Waals surface area (Å²) in [6, 6.07) is 7.99. The lowest BCUT2D eigenvalue weighted by Crippen LogP contribution is -2.41. The molecule has 1 N–H and O–H groups in total. The number of likely N-dealkylation sites (tertiary alicyclic amines) is 2. The van der Waals surface area contributed by atoms with Gasteiger partial charge in [-0.05, 0) is 51.3 Å². The number of nitrogens with zero attached hydrogens (tertiary/aromatic N) is 3. The molecule has 3 rings (SSSR count). The molecule has 164 valence electrons. The van der Waals surface area contributed by atoms with Crippen molar-refractivity contribution < 1.29 is 9.47 Å². The predicted octanol–water partition coefficient (Wildman–Crippen LogP) is 3.21. The second kappa shape index (κ2) is 13.3. The molecular formula is C22H37IN4O2. The van der Waals surface area contributed by atoms with Crippen LogP contribution in [-0.2, 0) is 11.3 Å². The van der Waals surface area contributed by atoms with Crippen LogP contribution < -0.4 is 10.1 Å². The van der Waals surface area contributed by atoms with Crippen LogP contribution in [0.2, 0.25) is 0 Å². The van der Waals surface area contributed by atoms with Gasteiger partial charge in [-0.3, -0.25) is 4.99 Å². The van der Waals surface area contributed by atoms with E-state index in [0.29, 0.717) is 19.8 Å². The second-order valence-electron chi connectivity index (χ2n) is 7.71. The van der Waals surface area contributed by atoms with Crippen LogP contribution in [0.25, 0.3) is 0 Å². The van der Waals surface area contributed by atoms with Gasteiger partial charge >= 0.3 is 0 Å². The SMILES string of the molecule is CCNC(=NCCOCc1ccccc1OC)N1CCC(CN2CCCC2)C1.I. The van der Waals surface area contributed by atoms with E-state index in [4.69, 9.17) is 14.5 Å². The minimum Gasteiger partial charge on any atom is -0.496 e. The van der Waals surface area contributed by atoms with Crippen molar-refractivity contribution in [3.8, 4) is 5.75 Å². The molecule has 1 aromatic carbocycles. The highest BCUT2D eigenvalue weighted by Crippen LogP contribution is 2.20. The van der Waals surface area contributed by atoms with Gasteiger partial charge in [0.05, 0.1) is 26.9 Å². The standard InChI is InChI=1S/C22H36N4O2.HI/c1-3-23-22(26-14-10-19(17-26)16-25-12-6-7-13-25)24-11-15-28-18-20-8-4-5-9-21(20)27-2;/h4-5,8-9,19H,3,6-7,10-18H2,1-2H3,(H,23,24);1H. The summed E-state index contributed by atoms with van der Waals surface area (Å²) in [6.07, 6.45) is 4.01. The molecule has 2 fully saturated rings. The molecule has 1 aromatic rings. The normalized spacial score (nSPS) is 20.0. The van der Waals surface area contributed by atoms with Crippen LogP contribution >= 0.6 is 24.0 Å². The minimum atomic E-state index is 0. The number of halogens is 1. The van der Waals surface area contributed by atoms with Crippen molar-refractivity contribution in [1.29, 1.82) is 0 Å². The van der Waals surface area contributed by atoms with E-state index in [1.165, 1.54) is 38.9 Å². The zero-order valence-electron chi connectivity index (χ0n) is 17.9. The topological polar surface area (TPSA) is 49.3 Å². The van der Waals surface area contributed by atoms with Gasteiger partial charge in [-0.15, -0.1) is 24.0 Å². The molecule has 2 heterocycles. The predicted molar refractivity (Wildman–Crippen MR) is 129 cm³/mol. The molecule has 0 bridgehead atoms. The number of rotatable bonds is 9. The third-order valence-electron chi connectivity index (χ3n) is 5.58. The highest BCUT2D eigenvalue weighted by Gasteiger charge is 2.27. The smallest absolute Gasteiger partial charge is 0.194 e. The third kappa shape index (κ3) is 7.61. The average molecular weight is 516 g/mol. The van der Waals surface area contributed by atoms with Crippen molar-refractivity contribution in [1.82, 2.24) is 15.1 Å². The van der Waals surface area contributed by atoms with Gasteiger partial charge in [0.25, 0.3) is 0 Å². The molecule has 0 aliphatic carbocycles. The van der Waals surface area contributed by atoms with Crippen molar-refractivity contribution in [2.45, 2.75) is 32.8 Å². The van der Waals surface area contributed by atoms with Gasteiger partial charge in [-0.2, -0.15) is 0 Å². The van der Waals surface area contributed by atoms with Gasteiger partial charge in [0.2, 0.25) is 0 Å². The fourth-order valence-electron chi connectivity index (χ4n) is 4.15. The first-order valence-electron chi connectivity index (χ1n) is 10.8. The maximum Gasteiger partial charge on any atom is 0.194 e. The molecule has 0 aromatic heterocycles. The van der Waals surface area contributed by atoms with Crippen LogP contribution in [0.5, 0.6) is 5.75 Å². The lowest BCUT2D eigenvalue weighted by Gasteiger charge is -2.23. The Hall–Kier alpha value is -1.06. The number of methoxy groups -OCH3 is 1. The number of aliphatic imine (C=N–C) groups is 1. The fourth-order valence-corrected chi connectivity index (χ4v) is 4.15. The summed E-state index contributed by atoms with van der Waals surface area (Å²) in [5.41, 5.74) is 1.07. The zero-order valence-corrected chi connectivity index (χ0v) is 20.3. The first kappa shape index (κ1) is 24.2. The summed E-state index contributed by atoms with van der Waals surface area (Å²) < 4.78 is 11.2. The zero-order chi connectivity index (χ0) is 19.6. The Morgan fingerprint density at radius 3 is 2.76 bits per heavy atom. The lowest BCUT2D eigenvalue weighted by atomic mass is 10.1. The van der Waals surface area contributed by atoms with Gasteiger partial charge in [0, 0.05) is 31.7 Å². The number of nitrogens with one attached hydrogen (secondary N) is 1. The molecule has 2 saturated heterocycles. The summed E-state index contributed by atoms with van der Waals surface area (Å²) in [5, 5.41) is 3.45. The summed E-state index contributed by atoms with van der Waals surface area (Å²) in [6.45, 7) is 10.9. The maximum atomic E-state index is 5.82. The van der Waals surface area contributed by atoms with Gasteiger partial charge < -0.3 is 24.6 Å². The van der Waals surface area contributed by atoms with E-state index in [1.54, 1.807) is 7.11 Å². The van der Waals surface area contributed by atoms with Crippen molar-refractivity contribution in [2.75, 3.05) is 59.5 Å². The number of hydrogen-bond donors (Lipinski definition) is 1. The van der Waals surface area contributed by atoms with Crippen LogP contribution in [0.3, 0.4) is 0 Å². The van der Waals surface area contributed by atoms with Gasteiger partial charge in [0.1, 0.15) is 5.75 Å². The van der Waals surface area contributed by atoms with Gasteiger partial charge in [-0.25, -0.2) is 0 Å². The summed E-state index contributed by atoms with van der Waals surface area (Å²) >= 11 is 0. The molecule has 2 aliphatic heterocycles. The highest BCUT2D eigenvalue weighted by atomic mass is 127. The van der Waals surface area contributed by atoms with E-state index in [2.05, 4.69) is 22.0 Å². The lowest BCUT2D eigenvalue weighted by molar-refractivity contribution is 0.126. The fraction of sp³-hybridized carbons (Fsp3) is 0.682. The molecular weight excluding hydrogens is 479 g/mol. The van der Waals surface area contributed by atoms with E-state index in [-0.39, 0.29) is 24.0 Å². The summed E-state index contributed by atoms with van der Waals surface area (Å²) in [7, 11) is 1.69. The van der Waals surface area contributed by atoms with Crippen LogP contribution in [-0.4, -0.2) is 75.3 Å². The van der Waals surface area contributed by atoms with Crippen molar-refractivity contribution in [2.24, 2.45) is 10.9 Å². The summed E-state index contributed by atoms with van der Waals surface area (Å²) in [5.74, 6) is 2.68. The van der Waals surface area contributed by atoms with Crippen LogP contribution in [0.1, 0.15) is 31.7 Å². The van der Waals surface area contributed by atoms with Crippen LogP contribution in [0.4, 0.5) is 0 Å². The van der Waals surface area contributed by atoms with E-state index in [1.807, 2.05) is 24.3 Å². The average Bonchev–Trinajstić information content (AvgIpc) is 3.40. The largest absolute Gasteiger partial charge is 0.496 e. The first-order valence-corrected chi connectivity index (χ1v) is 10.8. The second-order valence-corrected chi connectivity index (χ2v) is 7.71. The Labute approximate surface area is 193 Å². The monoisotopic (exact) mass is 516 g/mol. The number of ether oxygens (including phenoxy) is 2. The van der Waals surface area contributed by atoms with Crippen molar-refractivity contribution in [3.05, 3.63) is 29.8 Å². The van der Waals surface area contributed by atoms with E-state index in [9.17, 15) is 0 Å². The first-order chi connectivity index (χ1) is 13.8. The molecule has 2 aliphatic rings. The molecule has 0 spiro atoms. The summed E-state index contributed by atoms with van der Waals surface area (Å²) in [4.78, 5) is 9.85. The molecule has 1 unspecified atom stereocenters. The molecule has 0 radical (unpaired) electrons. The van der Waals surface area contributed by atoms with Gasteiger partial charge in [-0.1, -0.05) is 18.2 Å². The maximum absolute atomic E-state index is 5.82. The van der Waals surface area contributed by atoms with Gasteiger partial charge in [0.15, 0.2) is 5.96 Å². The Bertz CT molecular complexity index is 623. The number of para-hydroxylation sites is 1. The molecule has 1 atom stereocenters. The van der Waals surface area contributed by atoms with Crippen molar-refractivity contribution >= 4 is 29.9 Å². The quantitative estimate of drug-likeness (QED) is 0.237. The molecule has 7 heteroatoms. The Balaban J connectivity index is 0.00000300. The third-order valence-corrected chi connectivity index (χ3v) is 5.58. The van der Waals surface area contributed by atoms with E-state index < -0.39 is 0 Å². The molecule has 0 amide bonds. The number of benzene rings is 1. The van der Waals surface area contributed by atoms with E-state index >= 15 is 0 Å². The van der Waals surface area contributed by atoms with E-state index in [0.717, 1.165) is 42.8 Å². The van der Waals surface area contributed by atoms with Crippen LogP contribution in [0.15, 0.2) is 29.3 Å². The number of guanidine groups is 1. The Morgan fingerprint density at radius 1 is 1.21 bits per heavy atom. The van der Waals surface area contributed by atoms with Crippen LogP contribution in [0, 0.1) is 5.92 Å². The minimum absolute atomic E-state index is 0. The van der Waals surface area contributed by atoms with Crippen molar-refractivity contribution in [3.63, 3.8) is 0 Å². The molecule has 0 saturated carbocycles. The Morgan fingerprint density at radius 2 is 2.00 bits per heavy atom. The number of hydrogen-bond acceptors (Lipinski definition) is 4. The highest BCUT2D eigenvalue weighted by molar-refractivity contribution is 14.0. The molecule has 29 heavy (non-hydrogen) atoms.